The minimum atomic E-state index is -4.80. The Kier molecular flexibility index (Phi) is 6.44. The number of anilines is 1. The maximum Gasteiger partial charge on any atom is 0.573 e. The van der Waals surface area contributed by atoms with E-state index in [2.05, 4.69) is 10.1 Å². The van der Waals surface area contributed by atoms with E-state index in [4.69, 9.17) is 5.11 Å². The molecular weight excluding hydrogens is 363 g/mol. The average Bonchev–Trinajstić information content (AvgIpc) is 2.54. The molecule has 5 nitrogen and oxygen atoms in total. The van der Waals surface area contributed by atoms with E-state index in [1.165, 1.54) is 12.1 Å². The third-order valence-corrected chi connectivity index (χ3v) is 3.71. The Bertz CT molecular complexity index is 803. The number of alkyl halides is 3. The van der Waals surface area contributed by atoms with Gasteiger partial charge in [0.15, 0.2) is 0 Å². The second-order valence-corrected chi connectivity index (χ2v) is 6.05. The van der Waals surface area contributed by atoms with Crippen LogP contribution in [-0.4, -0.2) is 23.3 Å². The fourth-order valence-electron chi connectivity index (χ4n) is 2.58. The SMILES string of the molecule is Cc1cccc(CC(CC(=O)O)C(=O)Nc2ccc(OC(F)(F)F)cc2)c1. The number of carbonyl (C=O) groups excluding carboxylic acids is 1. The summed E-state index contributed by atoms with van der Waals surface area (Å²) in [6.07, 6.45) is -4.94. The van der Waals surface area contributed by atoms with Crippen molar-refractivity contribution in [2.24, 2.45) is 5.92 Å². The number of aliphatic carboxylic acids is 1. The molecule has 2 aromatic carbocycles. The Labute approximate surface area is 153 Å². The first kappa shape index (κ1) is 20.3. The first-order valence-corrected chi connectivity index (χ1v) is 8.06. The van der Waals surface area contributed by atoms with Crippen molar-refractivity contribution < 1.29 is 32.6 Å². The molecule has 1 atom stereocenters. The Morgan fingerprint density at radius 2 is 1.81 bits per heavy atom. The smallest absolute Gasteiger partial charge is 0.481 e. The van der Waals surface area contributed by atoms with E-state index < -0.39 is 29.9 Å². The summed E-state index contributed by atoms with van der Waals surface area (Å²) in [7, 11) is 0. The zero-order valence-electron chi connectivity index (χ0n) is 14.4. The molecule has 27 heavy (non-hydrogen) atoms. The van der Waals surface area contributed by atoms with Gasteiger partial charge in [-0.15, -0.1) is 13.2 Å². The second kappa shape index (κ2) is 8.57. The van der Waals surface area contributed by atoms with E-state index in [0.717, 1.165) is 23.3 Å². The van der Waals surface area contributed by atoms with Gasteiger partial charge < -0.3 is 15.2 Å². The number of halogens is 3. The number of aryl methyl sites for hydroxylation is 1. The molecule has 0 aliphatic rings. The second-order valence-electron chi connectivity index (χ2n) is 6.05. The van der Waals surface area contributed by atoms with E-state index in [-0.39, 0.29) is 18.5 Å². The van der Waals surface area contributed by atoms with E-state index in [1.54, 1.807) is 6.07 Å². The highest BCUT2D eigenvalue weighted by atomic mass is 19.4. The van der Waals surface area contributed by atoms with Crippen LogP contribution in [0.1, 0.15) is 17.5 Å². The van der Waals surface area contributed by atoms with Crippen LogP contribution >= 0.6 is 0 Å². The Morgan fingerprint density at radius 3 is 2.37 bits per heavy atom. The predicted molar refractivity (Wildman–Crippen MR) is 92.4 cm³/mol. The summed E-state index contributed by atoms with van der Waals surface area (Å²) >= 11 is 0. The number of hydrogen-bond acceptors (Lipinski definition) is 3. The van der Waals surface area contributed by atoms with Crippen molar-refractivity contribution in [2.45, 2.75) is 26.1 Å². The highest BCUT2D eigenvalue weighted by molar-refractivity contribution is 5.94. The average molecular weight is 381 g/mol. The highest BCUT2D eigenvalue weighted by Crippen LogP contribution is 2.24. The molecule has 0 saturated heterocycles. The number of nitrogens with one attached hydrogen (secondary N) is 1. The largest absolute Gasteiger partial charge is 0.573 e. The lowest BCUT2D eigenvalue weighted by atomic mass is 9.94. The first-order valence-electron chi connectivity index (χ1n) is 8.06. The summed E-state index contributed by atoms with van der Waals surface area (Å²) in [5, 5.41) is 11.6. The van der Waals surface area contributed by atoms with Gasteiger partial charge in [-0.05, 0) is 43.2 Å². The summed E-state index contributed by atoms with van der Waals surface area (Å²) < 4.78 is 40.3. The molecule has 0 aliphatic heterocycles. The van der Waals surface area contributed by atoms with E-state index in [1.807, 2.05) is 25.1 Å². The maximum absolute atomic E-state index is 12.5. The monoisotopic (exact) mass is 381 g/mol. The number of carboxylic acid groups (broad SMARTS) is 1. The Morgan fingerprint density at radius 1 is 1.15 bits per heavy atom. The number of carboxylic acids is 1. The molecule has 0 bridgehead atoms. The normalized spacial score (nSPS) is 12.3. The molecule has 8 heteroatoms. The fraction of sp³-hybridized carbons (Fsp3) is 0.263. The van der Waals surface area contributed by atoms with Gasteiger partial charge in [0, 0.05) is 5.69 Å². The minimum absolute atomic E-state index is 0.231. The molecule has 2 rings (SSSR count). The molecule has 2 aromatic rings. The van der Waals surface area contributed by atoms with Crippen molar-refractivity contribution in [1.82, 2.24) is 0 Å². The van der Waals surface area contributed by atoms with Crippen LogP contribution in [0.2, 0.25) is 0 Å². The van der Waals surface area contributed by atoms with Gasteiger partial charge in [-0.3, -0.25) is 9.59 Å². The van der Waals surface area contributed by atoms with E-state index in [0.29, 0.717) is 0 Å². The van der Waals surface area contributed by atoms with Crippen LogP contribution < -0.4 is 10.1 Å². The van der Waals surface area contributed by atoms with Crippen LogP contribution in [0.25, 0.3) is 0 Å². The van der Waals surface area contributed by atoms with Crippen molar-refractivity contribution in [1.29, 1.82) is 0 Å². The van der Waals surface area contributed by atoms with Crippen molar-refractivity contribution in [3.63, 3.8) is 0 Å². The van der Waals surface area contributed by atoms with Crippen LogP contribution in [-0.2, 0) is 16.0 Å². The van der Waals surface area contributed by atoms with Crippen LogP contribution in [0.15, 0.2) is 48.5 Å². The summed E-state index contributed by atoms with van der Waals surface area (Å²) in [6.45, 7) is 1.89. The standard InChI is InChI=1S/C19H18F3NO4/c1-12-3-2-4-13(9-12)10-14(11-17(24)25)18(26)23-15-5-7-16(8-6-15)27-19(20,21)22/h2-9,14H,10-11H2,1H3,(H,23,26)(H,24,25). The van der Waals surface area contributed by atoms with Crippen LogP contribution in [0.3, 0.4) is 0 Å². The van der Waals surface area contributed by atoms with Crippen LogP contribution in [0.5, 0.6) is 5.75 Å². The van der Waals surface area contributed by atoms with Crippen molar-refractivity contribution in [3.05, 3.63) is 59.7 Å². The number of benzene rings is 2. The third-order valence-electron chi connectivity index (χ3n) is 3.71. The fourth-order valence-corrected chi connectivity index (χ4v) is 2.58. The van der Waals surface area contributed by atoms with Gasteiger partial charge in [-0.2, -0.15) is 0 Å². The number of rotatable bonds is 7. The van der Waals surface area contributed by atoms with Gasteiger partial charge in [0.05, 0.1) is 12.3 Å². The topological polar surface area (TPSA) is 75.6 Å². The van der Waals surface area contributed by atoms with E-state index >= 15 is 0 Å². The molecule has 0 spiro atoms. The number of ether oxygens (including phenoxy) is 1. The Hall–Kier alpha value is -3.03. The first-order chi connectivity index (χ1) is 12.6. The van der Waals surface area contributed by atoms with Gasteiger partial charge in [0.1, 0.15) is 5.75 Å². The molecule has 0 aliphatic carbocycles. The molecule has 0 radical (unpaired) electrons. The highest BCUT2D eigenvalue weighted by Gasteiger charge is 2.31. The molecular formula is C19H18F3NO4. The quantitative estimate of drug-likeness (QED) is 0.755. The number of carbonyl (C=O) groups is 2. The molecule has 0 saturated carbocycles. The zero-order valence-corrected chi connectivity index (χ0v) is 14.4. The Balaban J connectivity index is 2.07. The van der Waals surface area contributed by atoms with Gasteiger partial charge in [0.25, 0.3) is 0 Å². The lowest BCUT2D eigenvalue weighted by Gasteiger charge is -2.16. The van der Waals surface area contributed by atoms with Gasteiger partial charge >= 0.3 is 12.3 Å². The van der Waals surface area contributed by atoms with E-state index in [9.17, 15) is 22.8 Å². The predicted octanol–water partition coefficient (Wildman–Crippen LogP) is 4.17. The summed E-state index contributed by atoms with van der Waals surface area (Å²) in [4.78, 5) is 23.6. The van der Waals surface area contributed by atoms with Gasteiger partial charge in [-0.1, -0.05) is 29.8 Å². The molecule has 1 amide bonds. The van der Waals surface area contributed by atoms with Crippen molar-refractivity contribution in [3.8, 4) is 5.75 Å². The summed E-state index contributed by atoms with van der Waals surface area (Å²) in [5.74, 6) is -2.88. The van der Waals surface area contributed by atoms with Gasteiger partial charge in [-0.25, -0.2) is 0 Å². The summed E-state index contributed by atoms with van der Waals surface area (Å²) in [6, 6.07) is 12.0. The van der Waals surface area contributed by atoms with Crippen molar-refractivity contribution in [2.75, 3.05) is 5.32 Å². The maximum atomic E-state index is 12.5. The molecule has 144 valence electrons. The molecule has 0 fully saturated rings. The summed E-state index contributed by atoms with van der Waals surface area (Å²) in [5.41, 5.74) is 2.06. The molecule has 0 aromatic heterocycles. The van der Waals surface area contributed by atoms with Crippen LogP contribution in [0, 0.1) is 12.8 Å². The van der Waals surface area contributed by atoms with Crippen LogP contribution in [0.4, 0.5) is 18.9 Å². The number of amides is 1. The minimum Gasteiger partial charge on any atom is -0.481 e. The molecule has 1 unspecified atom stereocenters. The zero-order chi connectivity index (χ0) is 20.0. The molecule has 2 N–H and O–H groups in total. The van der Waals surface area contributed by atoms with Crippen molar-refractivity contribution >= 4 is 17.6 Å². The number of hydrogen-bond donors (Lipinski definition) is 2. The third kappa shape index (κ3) is 7.01. The lowest BCUT2D eigenvalue weighted by Crippen LogP contribution is -2.27. The lowest BCUT2D eigenvalue weighted by molar-refractivity contribution is -0.274. The van der Waals surface area contributed by atoms with Gasteiger partial charge in [0.2, 0.25) is 5.91 Å². The molecule has 0 heterocycles.